The number of benzene rings is 1. The van der Waals surface area contributed by atoms with Gasteiger partial charge in [-0.3, -0.25) is 0 Å². The van der Waals surface area contributed by atoms with Crippen LogP contribution in [-0.4, -0.2) is 23.5 Å². The van der Waals surface area contributed by atoms with Crippen molar-refractivity contribution in [2.45, 2.75) is 39.7 Å². The van der Waals surface area contributed by atoms with Gasteiger partial charge in [0.15, 0.2) is 0 Å². The molecule has 2 rings (SSSR count). The van der Waals surface area contributed by atoms with E-state index in [1.54, 1.807) is 0 Å². The first kappa shape index (κ1) is 13.2. The average molecular weight is 244 g/mol. The molecule has 18 heavy (non-hydrogen) atoms. The van der Waals surface area contributed by atoms with Crippen molar-refractivity contribution >= 4 is 10.9 Å². The van der Waals surface area contributed by atoms with E-state index in [4.69, 9.17) is 0 Å². The van der Waals surface area contributed by atoms with Crippen molar-refractivity contribution in [3.63, 3.8) is 0 Å². The second kappa shape index (κ2) is 6.05. The molecule has 98 valence electrons. The molecular weight excluding hydrogens is 220 g/mol. The average Bonchev–Trinajstić information content (AvgIpc) is 2.73. The van der Waals surface area contributed by atoms with Crippen LogP contribution < -0.4 is 0 Å². The predicted octanol–water partition coefficient (Wildman–Crippen LogP) is 3.96. The number of aryl methyl sites for hydroxylation is 1. The van der Waals surface area contributed by atoms with E-state index in [-0.39, 0.29) is 0 Å². The van der Waals surface area contributed by atoms with Crippen molar-refractivity contribution < 1.29 is 0 Å². The van der Waals surface area contributed by atoms with Gasteiger partial charge in [-0.25, -0.2) is 0 Å². The largest absolute Gasteiger partial charge is 0.357 e. The Kier molecular flexibility index (Phi) is 4.43. The number of fused-ring (bicyclic) bond motifs is 1. The monoisotopic (exact) mass is 244 g/mol. The van der Waals surface area contributed by atoms with Crippen LogP contribution in [0.3, 0.4) is 0 Å². The van der Waals surface area contributed by atoms with E-state index < -0.39 is 0 Å². The lowest BCUT2D eigenvalue weighted by molar-refractivity contribution is 0.317. The van der Waals surface area contributed by atoms with Crippen LogP contribution in [0.1, 0.15) is 37.9 Å². The predicted molar refractivity (Wildman–Crippen MR) is 78.9 cm³/mol. The maximum absolute atomic E-state index is 3.58. The molecule has 0 aliphatic carbocycles. The van der Waals surface area contributed by atoms with Crippen molar-refractivity contribution in [2.75, 3.05) is 13.6 Å². The summed E-state index contributed by atoms with van der Waals surface area (Å²) in [5.41, 5.74) is 4.14. The molecular formula is C16H24N2. The highest BCUT2D eigenvalue weighted by Gasteiger charge is 2.10. The standard InChI is InChI=1S/C16H24N2/c1-4-6-11-18(3)12-16-13(5-2)14-9-7-8-10-15(14)17-16/h7-10,17H,4-6,11-12H2,1-3H3. The summed E-state index contributed by atoms with van der Waals surface area (Å²) in [6, 6.07) is 8.62. The molecule has 0 radical (unpaired) electrons. The lowest BCUT2D eigenvalue weighted by Crippen LogP contribution is -2.19. The Morgan fingerprint density at radius 3 is 2.67 bits per heavy atom. The van der Waals surface area contributed by atoms with Crippen molar-refractivity contribution in [3.05, 3.63) is 35.5 Å². The van der Waals surface area contributed by atoms with Gasteiger partial charge in [0.25, 0.3) is 0 Å². The lowest BCUT2D eigenvalue weighted by atomic mass is 10.1. The third kappa shape index (κ3) is 2.75. The van der Waals surface area contributed by atoms with Crippen LogP contribution in [0.5, 0.6) is 0 Å². The highest BCUT2D eigenvalue weighted by Crippen LogP contribution is 2.23. The quantitative estimate of drug-likeness (QED) is 0.815. The van der Waals surface area contributed by atoms with Crippen molar-refractivity contribution in [2.24, 2.45) is 0 Å². The number of aromatic amines is 1. The van der Waals surface area contributed by atoms with E-state index in [9.17, 15) is 0 Å². The topological polar surface area (TPSA) is 19.0 Å². The molecule has 0 saturated carbocycles. The van der Waals surface area contributed by atoms with Crippen LogP contribution in [0.2, 0.25) is 0 Å². The highest BCUT2D eigenvalue weighted by molar-refractivity contribution is 5.84. The van der Waals surface area contributed by atoms with Gasteiger partial charge in [-0.05, 0) is 38.1 Å². The summed E-state index contributed by atoms with van der Waals surface area (Å²) < 4.78 is 0. The molecule has 1 heterocycles. The van der Waals surface area contributed by atoms with Gasteiger partial charge in [-0.2, -0.15) is 0 Å². The molecule has 2 nitrogen and oxygen atoms in total. The van der Waals surface area contributed by atoms with E-state index in [1.165, 1.54) is 41.5 Å². The summed E-state index contributed by atoms with van der Waals surface area (Å²) in [6.45, 7) is 6.69. The van der Waals surface area contributed by atoms with E-state index in [2.05, 4.69) is 55.0 Å². The van der Waals surface area contributed by atoms with Gasteiger partial charge in [-0.1, -0.05) is 38.5 Å². The van der Waals surface area contributed by atoms with Gasteiger partial charge >= 0.3 is 0 Å². The van der Waals surface area contributed by atoms with Gasteiger partial charge in [0, 0.05) is 23.1 Å². The molecule has 0 unspecified atom stereocenters. The molecule has 0 bridgehead atoms. The molecule has 2 aromatic rings. The molecule has 0 amide bonds. The Morgan fingerprint density at radius 1 is 1.17 bits per heavy atom. The summed E-state index contributed by atoms with van der Waals surface area (Å²) in [4.78, 5) is 5.99. The molecule has 1 aromatic carbocycles. The number of hydrogen-bond acceptors (Lipinski definition) is 1. The van der Waals surface area contributed by atoms with Gasteiger partial charge in [0.1, 0.15) is 0 Å². The first-order valence-electron chi connectivity index (χ1n) is 7.03. The second-order valence-corrected chi connectivity index (χ2v) is 5.07. The zero-order valence-electron chi connectivity index (χ0n) is 11.8. The third-order valence-electron chi connectivity index (χ3n) is 3.58. The highest BCUT2D eigenvalue weighted by atomic mass is 15.1. The normalized spacial score (nSPS) is 11.6. The summed E-state index contributed by atoms with van der Waals surface area (Å²) in [5.74, 6) is 0. The van der Waals surface area contributed by atoms with Gasteiger partial charge in [0.05, 0.1) is 0 Å². The van der Waals surface area contributed by atoms with Crippen LogP contribution in [0.25, 0.3) is 10.9 Å². The molecule has 0 spiro atoms. The Hall–Kier alpha value is -1.28. The van der Waals surface area contributed by atoms with E-state index in [0.29, 0.717) is 0 Å². The SMILES string of the molecule is CCCCN(C)Cc1[nH]c2ccccc2c1CC. The summed E-state index contributed by atoms with van der Waals surface area (Å²) >= 11 is 0. The number of aromatic nitrogens is 1. The first-order valence-corrected chi connectivity index (χ1v) is 7.03. The third-order valence-corrected chi connectivity index (χ3v) is 3.58. The minimum atomic E-state index is 1.03. The van der Waals surface area contributed by atoms with Crippen LogP contribution in [0, 0.1) is 0 Å². The number of nitrogens with one attached hydrogen (secondary N) is 1. The van der Waals surface area contributed by atoms with E-state index in [0.717, 1.165) is 13.0 Å². The molecule has 0 fully saturated rings. The van der Waals surface area contributed by atoms with Crippen molar-refractivity contribution in [3.8, 4) is 0 Å². The zero-order chi connectivity index (χ0) is 13.0. The molecule has 0 aliphatic heterocycles. The minimum Gasteiger partial charge on any atom is -0.357 e. The smallest absolute Gasteiger partial charge is 0.0459 e. The summed E-state index contributed by atoms with van der Waals surface area (Å²) in [6.07, 6.45) is 3.64. The zero-order valence-corrected chi connectivity index (χ0v) is 11.8. The minimum absolute atomic E-state index is 1.03. The van der Waals surface area contributed by atoms with Gasteiger partial charge in [0.2, 0.25) is 0 Å². The Morgan fingerprint density at radius 2 is 1.94 bits per heavy atom. The Labute approximate surface area is 110 Å². The van der Waals surface area contributed by atoms with Crippen molar-refractivity contribution in [1.29, 1.82) is 0 Å². The molecule has 1 aromatic heterocycles. The summed E-state index contributed by atoms with van der Waals surface area (Å²) in [7, 11) is 2.21. The Bertz CT molecular complexity index is 499. The number of nitrogens with zero attached hydrogens (tertiary/aromatic N) is 1. The second-order valence-electron chi connectivity index (χ2n) is 5.07. The fourth-order valence-corrected chi connectivity index (χ4v) is 2.57. The fourth-order valence-electron chi connectivity index (χ4n) is 2.57. The summed E-state index contributed by atoms with van der Waals surface area (Å²) in [5, 5.41) is 1.39. The van der Waals surface area contributed by atoms with E-state index >= 15 is 0 Å². The van der Waals surface area contributed by atoms with Gasteiger partial charge < -0.3 is 9.88 Å². The molecule has 0 saturated heterocycles. The number of para-hydroxylation sites is 1. The maximum atomic E-state index is 3.58. The van der Waals surface area contributed by atoms with Crippen LogP contribution in [0.15, 0.2) is 24.3 Å². The van der Waals surface area contributed by atoms with Crippen molar-refractivity contribution in [1.82, 2.24) is 9.88 Å². The molecule has 0 aliphatic rings. The van der Waals surface area contributed by atoms with Crippen LogP contribution >= 0.6 is 0 Å². The number of unbranched alkanes of at least 4 members (excludes halogenated alkanes) is 1. The maximum Gasteiger partial charge on any atom is 0.0459 e. The number of H-pyrrole nitrogens is 1. The lowest BCUT2D eigenvalue weighted by Gasteiger charge is -2.16. The van der Waals surface area contributed by atoms with Gasteiger partial charge in [-0.15, -0.1) is 0 Å². The Balaban J connectivity index is 2.21. The van der Waals surface area contributed by atoms with Crippen LogP contribution in [0.4, 0.5) is 0 Å². The molecule has 1 N–H and O–H groups in total. The van der Waals surface area contributed by atoms with E-state index in [1.807, 2.05) is 0 Å². The number of hydrogen-bond donors (Lipinski definition) is 1. The first-order chi connectivity index (χ1) is 8.76. The van der Waals surface area contributed by atoms with Crippen LogP contribution in [-0.2, 0) is 13.0 Å². The fraction of sp³-hybridized carbons (Fsp3) is 0.500. The molecule has 0 atom stereocenters. The molecule has 2 heteroatoms. The number of rotatable bonds is 6.